The van der Waals surface area contributed by atoms with Gasteiger partial charge in [-0.15, -0.1) is 0 Å². The fourth-order valence-corrected chi connectivity index (χ4v) is 7.50. The van der Waals surface area contributed by atoms with Crippen LogP contribution in [0.3, 0.4) is 0 Å². The molecule has 3 amide bonds. The van der Waals surface area contributed by atoms with Crippen LogP contribution in [0.15, 0.2) is 60.7 Å². The van der Waals surface area contributed by atoms with E-state index in [1.165, 1.54) is 12.0 Å². The number of likely N-dealkylation sites (tertiary alicyclic amines) is 1. The Morgan fingerprint density at radius 2 is 1.76 bits per heavy atom. The number of hydrogen-bond acceptors (Lipinski definition) is 4. The number of ether oxygens (including phenoxy) is 1. The monoisotopic (exact) mass is 589 g/mol. The van der Waals surface area contributed by atoms with Crippen molar-refractivity contribution in [1.29, 1.82) is 0 Å². The van der Waals surface area contributed by atoms with Crippen molar-refractivity contribution in [3.63, 3.8) is 0 Å². The number of anilines is 1. The van der Waals surface area contributed by atoms with E-state index < -0.39 is 29.6 Å². The van der Waals surface area contributed by atoms with E-state index in [0.717, 1.165) is 24.8 Å². The van der Waals surface area contributed by atoms with Crippen molar-refractivity contribution >= 4 is 35.0 Å². The summed E-state index contributed by atoms with van der Waals surface area (Å²) < 4.78 is 6.51. The van der Waals surface area contributed by atoms with E-state index in [1.807, 2.05) is 60.7 Å². The van der Waals surface area contributed by atoms with Crippen LogP contribution in [0.1, 0.15) is 63.5 Å². The minimum atomic E-state index is -1.17. The van der Waals surface area contributed by atoms with Gasteiger partial charge in [0.05, 0.1) is 17.9 Å². The Bertz CT molecular complexity index is 1370. The highest BCUT2D eigenvalue weighted by molar-refractivity contribution is 6.30. The lowest BCUT2D eigenvalue weighted by Crippen LogP contribution is -2.57. The standard InChI is InChI=1S/C34H40ClN3O4/c1-20(2)23-10-14-25(15-11-23)36-31(39)28-27-16-18-34(42-27)29(28)33(41)38(19-17-22-8-12-24(35)13-9-22)30(34)32(40)37-26-7-5-4-6-21(26)3/h8-16,18,20-21,26-30H,4-7,17,19H2,1-3H3,(H,36,39)(H,37,40)/t21-,26+,27-,28+,29-,30-,34-/m1/s1. The van der Waals surface area contributed by atoms with Crippen LogP contribution in [0.2, 0.25) is 5.02 Å². The molecule has 0 radical (unpaired) electrons. The predicted octanol–water partition coefficient (Wildman–Crippen LogP) is 5.49. The number of benzene rings is 2. The van der Waals surface area contributed by atoms with Crippen molar-refractivity contribution in [3.8, 4) is 0 Å². The Morgan fingerprint density at radius 3 is 2.45 bits per heavy atom. The van der Waals surface area contributed by atoms with Crippen molar-refractivity contribution in [2.45, 2.75) is 82.6 Å². The van der Waals surface area contributed by atoms with Crippen molar-refractivity contribution in [2.75, 3.05) is 11.9 Å². The van der Waals surface area contributed by atoms with E-state index in [9.17, 15) is 14.4 Å². The van der Waals surface area contributed by atoms with Crippen molar-refractivity contribution in [3.05, 3.63) is 76.8 Å². The Morgan fingerprint density at radius 1 is 1.05 bits per heavy atom. The van der Waals surface area contributed by atoms with Crippen LogP contribution in [-0.2, 0) is 25.5 Å². The maximum Gasteiger partial charge on any atom is 0.246 e. The lowest BCUT2D eigenvalue weighted by atomic mass is 9.74. The van der Waals surface area contributed by atoms with Crippen LogP contribution in [0.5, 0.6) is 0 Å². The Hall–Kier alpha value is -3.16. The van der Waals surface area contributed by atoms with Gasteiger partial charge in [-0.05, 0) is 66.5 Å². The van der Waals surface area contributed by atoms with Crippen LogP contribution < -0.4 is 10.6 Å². The summed E-state index contributed by atoms with van der Waals surface area (Å²) in [5, 5.41) is 6.96. The SMILES string of the molecule is CC(C)c1ccc(NC(=O)[C@H]2[C@H]3C=C[C@@]4(O3)[C@H]2C(=O)N(CCc2ccc(Cl)cc2)[C@@H]4C(=O)N[C@H]2CCCC[C@H]2C)cc1. The highest BCUT2D eigenvalue weighted by atomic mass is 35.5. The number of carbonyl (C=O) groups excluding carboxylic acids is 3. The van der Waals surface area contributed by atoms with Gasteiger partial charge in [0.25, 0.3) is 0 Å². The van der Waals surface area contributed by atoms with Gasteiger partial charge >= 0.3 is 0 Å². The highest BCUT2D eigenvalue weighted by Gasteiger charge is 2.72. The third-order valence-corrected chi connectivity index (χ3v) is 10.0. The average molecular weight is 590 g/mol. The molecule has 42 heavy (non-hydrogen) atoms. The quantitative estimate of drug-likeness (QED) is 0.399. The van der Waals surface area contributed by atoms with E-state index in [0.29, 0.717) is 35.5 Å². The van der Waals surface area contributed by atoms with E-state index in [2.05, 4.69) is 31.4 Å². The maximum atomic E-state index is 14.2. The van der Waals surface area contributed by atoms with Gasteiger partial charge in [0.2, 0.25) is 17.7 Å². The zero-order valence-electron chi connectivity index (χ0n) is 24.5. The summed E-state index contributed by atoms with van der Waals surface area (Å²) >= 11 is 6.08. The lowest BCUT2D eigenvalue weighted by Gasteiger charge is -2.36. The van der Waals surface area contributed by atoms with Gasteiger partial charge in [-0.3, -0.25) is 14.4 Å². The summed E-state index contributed by atoms with van der Waals surface area (Å²) in [6.07, 6.45) is 7.97. The molecule has 1 aliphatic carbocycles. The molecule has 2 saturated heterocycles. The molecule has 2 N–H and O–H groups in total. The van der Waals surface area contributed by atoms with Gasteiger partial charge in [0, 0.05) is 23.3 Å². The van der Waals surface area contributed by atoms with E-state index >= 15 is 0 Å². The van der Waals surface area contributed by atoms with E-state index in [-0.39, 0.29) is 23.8 Å². The summed E-state index contributed by atoms with van der Waals surface area (Å²) in [5.74, 6) is -1.41. The van der Waals surface area contributed by atoms with Crippen LogP contribution >= 0.6 is 11.6 Å². The van der Waals surface area contributed by atoms with Crippen LogP contribution in [0.4, 0.5) is 5.69 Å². The first-order valence-corrected chi connectivity index (χ1v) is 15.7. The second-order valence-electron chi connectivity index (χ2n) is 12.8. The molecule has 8 heteroatoms. The summed E-state index contributed by atoms with van der Waals surface area (Å²) in [6, 6.07) is 14.5. The van der Waals surface area contributed by atoms with Crippen molar-refractivity contribution in [2.24, 2.45) is 17.8 Å². The fraction of sp³-hybridized carbons (Fsp3) is 0.500. The topological polar surface area (TPSA) is 87.7 Å². The molecule has 0 unspecified atom stereocenters. The predicted molar refractivity (Wildman–Crippen MR) is 163 cm³/mol. The van der Waals surface area contributed by atoms with E-state index in [4.69, 9.17) is 16.3 Å². The molecule has 2 aromatic carbocycles. The molecule has 2 bridgehead atoms. The molecule has 7 atom stereocenters. The minimum Gasteiger partial charge on any atom is -0.359 e. The first-order valence-electron chi connectivity index (χ1n) is 15.3. The molecule has 1 saturated carbocycles. The van der Waals surface area contributed by atoms with E-state index in [1.54, 1.807) is 4.90 Å². The third-order valence-electron chi connectivity index (χ3n) is 9.76. The zero-order valence-corrected chi connectivity index (χ0v) is 25.3. The molecule has 1 spiro atoms. The number of rotatable bonds is 8. The van der Waals surface area contributed by atoms with Gasteiger partial charge in [-0.25, -0.2) is 0 Å². The number of hydrogen-bond donors (Lipinski definition) is 2. The maximum absolute atomic E-state index is 14.2. The normalized spacial score (nSPS) is 31.5. The molecule has 6 rings (SSSR count). The molecule has 3 heterocycles. The molecule has 2 aromatic rings. The summed E-state index contributed by atoms with van der Waals surface area (Å²) in [7, 11) is 0. The number of fused-ring (bicyclic) bond motifs is 1. The molecular weight excluding hydrogens is 550 g/mol. The molecule has 7 nitrogen and oxygen atoms in total. The number of carbonyl (C=O) groups is 3. The van der Waals surface area contributed by atoms with Gasteiger partial charge in [0.1, 0.15) is 11.6 Å². The summed E-state index contributed by atoms with van der Waals surface area (Å²) in [4.78, 5) is 43.8. The molecule has 3 fully saturated rings. The molecule has 0 aromatic heterocycles. The second kappa shape index (κ2) is 11.5. The van der Waals surface area contributed by atoms with Gasteiger partial charge in [-0.1, -0.05) is 81.6 Å². The number of halogens is 1. The first kappa shape index (κ1) is 28.9. The second-order valence-corrected chi connectivity index (χ2v) is 13.2. The number of nitrogens with zero attached hydrogens (tertiary/aromatic N) is 1. The average Bonchev–Trinajstić information content (AvgIpc) is 3.61. The summed E-state index contributed by atoms with van der Waals surface area (Å²) in [6.45, 7) is 6.76. The Balaban J connectivity index is 1.27. The number of amides is 3. The molecule has 4 aliphatic rings. The van der Waals surface area contributed by atoms with Gasteiger partial charge in [0.15, 0.2) is 0 Å². The third kappa shape index (κ3) is 5.15. The molecular formula is C34H40ClN3O4. The lowest BCUT2D eigenvalue weighted by molar-refractivity contribution is -0.141. The van der Waals surface area contributed by atoms with Crippen LogP contribution in [0.25, 0.3) is 0 Å². The fourth-order valence-electron chi connectivity index (χ4n) is 7.38. The van der Waals surface area contributed by atoms with Crippen LogP contribution in [0, 0.1) is 17.8 Å². The first-order chi connectivity index (χ1) is 20.2. The van der Waals surface area contributed by atoms with Gasteiger partial charge in [-0.2, -0.15) is 0 Å². The highest BCUT2D eigenvalue weighted by Crippen LogP contribution is 2.55. The minimum absolute atomic E-state index is 0.0606. The smallest absolute Gasteiger partial charge is 0.246 e. The largest absolute Gasteiger partial charge is 0.359 e. The molecule has 3 aliphatic heterocycles. The summed E-state index contributed by atoms with van der Waals surface area (Å²) in [5.41, 5.74) is 1.70. The Kier molecular flexibility index (Phi) is 7.92. The molecule has 222 valence electrons. The van der Waals surface area contributed by atoms with Crippen molar-refractivity contribution < 1.29 is 19.1 Å². The number of nitrogens with one attached hydrogen (secondary N) is 2. The van der Waals surface area contributed by atoms with Crippen LogP contribution in [-0.4, -0.2) is 53.0 Å². The van der Waals surface area contributed by atoms with Gasteiger partial charge < -0.3 is 20.3 Å². The van der Waals surface area contributed by atoms with Crippen molar-refractivity contribution in [1.82, 2.24) is 10.2 Å². The zero-order chi connectivity index (χ0) is 29.6. The Labute approximate surface area is 253 Å².